The van der Waals surface area contributed by atoms with Crippen molar-refractivity contribution < 1.29 is 4.79 Å². The molecule has 2 aliphatic rings. The van der Waals surface area contributed by atoms with Gasteiger partial charge in [-0.2, -0.15) is 0 Å². The van der Waals surface area contributed by atoms with Gasteiger partial charge in [-0.25, -0.2) is 4.98 Å². The summed E-state index contributed by atoms with van der Waals surface area (Å²) in [5.41, 5.74) is 1.24. The van der Waals surface area contributed by atoms with Gasteiger partial charge in [-0.1, -0.05) is 17.7 Å². The van der Waals surface area contributed by atoms with Crippen LogP contribution < -0.4 is 4.90 Å². The quantitative estimate of drug-likeness (QED) is 0.829. The summed E-state index contributed by atoms with van der Waals surface area (Å²) < 4.78 is 0. The molecular weight excluding hydrogens is 348 g/mol. The van der Waals surface area contributed by atoms with Crippen molar-refractivity contribution in [2.45, 2.75) is 32.2 Å². The predicted molar refractivity (Wildman–Crippen MR) is 102 cm³/mol. The highest BCUT2D eigenvalue weighted by Crippen LogP contribution is 2.40. The fraction of sp³-hybridized carbons (Fsp3) is 0.450. The molecule has 0 aliphatic carbocycles. The van der Waals surface area contributed by atoms with E-state index < -0.39 is 0 Å². The Morgan fingerprint density at radius 3 is 2.85 bits per heavy atom. The zero-order valence-electron chi connectivity index (χ0n) is 14.8. The van der Waals surface area contributed by atoms with Gasteiger partial charge in [0.25, 0.3) is 0 Å². The number of hydrogen-bond donors (Lipinski definition) is 0. The maximum Gasteiger partial charge on any atom is 0.222 e. The second-order valence-corrected chi connectivity index (χ2v) is 7.91. The van der Waals surface area contributed by atoms with E-state index in [0.717, 1.165) is 50.3 Å². The second-order valence-electron chi connectivity index (χ2n) is 7.47. The molecule has 4 heterocycles. The van der Waals surface area contributed by atoms with Crippen LogP contribution in [0.15, 0.2) is 42.9 Å². The van der Waals surface area contributed by atoms with Crippen molar-refractivity contribution in [2.75, 3.05) is 24.5 Å². The zero-order valence-corrected chi connectivity index (χ0v) is 15.5. The van der Waals surface area contributed by atoms with Crippen molar-refractivity contribution in [3.63, 3.8) is 0 Å². The summed E-state index contributed by atoms with van der Waals surface area (Å²) in [6.45, 7) is 3.41. The van der Waals surface area contributed by atoms with Crippen molar-refractivity contribution in [3.05, 3.63) is 53.4 Å². The Morgan fingerprint density at radius 1 is 1.15 bits per heavy atom. The summed E-state index contributed by atoms with van der Waals surface area (Å²) in [5.74, 6) is 1.23. The molecule has 0 radical (unpaired) electrons. The number of hydrogen-bond acceptors (Lipinski definition) is 4. The number of aromatic nitrogens is 2. The normalized spacial score (nSPS) is 23.5. The van der Waals surface area contributed by atoms with Crippen LogP contribution in [0.2, 0.25) is 5.02 Å². The standard InChI is InChI=1S/C20H23ClN4O/c21-17-4-5-18(23-12-17)24-10-2-7-20(14-24)8-6-19(26)25(15-20)13-16-3-1-9-22-11-16/h1,3-5,9,11-12H,2,6-8,10,13-15H2. The highest BCUT2D eigenvalue weighted by molar-refractivity contribution is 6.30. The summed E-state index contributed by atoms with van der Waals surface area (Å²) in [5, 5.41) is 0.659. The molecule has 1 unspecified atom stereocenters. The molecule has 4 rings (SSSR count). The number of halogens is 1. The van der Waals surface area contributed by atoms with Crippen LogP contribution >= 0.6 is 11.6 Å². The Bertz CT molecular complexity index is 767. The lowest BCUT2D eigenvalue weighted by atomic mass is 9.73. The Kier molecular flexibility index (Phi) is 4.81. The van der Waals surface area contributed by atoms with Crippen molar-refractivity contribution >= 4 is 23.3 Å². The minimum Gasteiger partial charge on any atom is -0.356 e. The van der Waals surface area contributed by atoms with Gasteiger partial charge in [0.05, 0.1) is 5.02 Å². The summed E-state index contributed by atoms with van der Waals surface area (Å²) in [7, 11) is 0. The number of carbonyl (C=O) groups is 1. The lowest BCUT2D eigenvalue weighted by molar-refractivity contribution is -0.138. The number of nitrogens with zero attached hydrogens (tertiary/aromatic N) is 4. The first-order valence-corrected chi connectivity index (χ1v) is 9.55. The third-order valence-corrected chi connectivity index (χ3v) is 5.77. The fourth-order valence-electron chi connectivity index (χ4n) is 4.25. The Hall–Kier alpha value is -2.14. The van der Waals surface area contributed by atoms with E-state index in [1.807, 2.05) is 35.4 Å². The van der Waals surface area contributed by atoms with Crippen molar-refractivity contribution in [2.24, 2.45) is 5.41 Å². The van der Waals surface area contributed by atoms with Crippen LogP contribution in [0.1, 0.15) is 31.2 Å². The fourth-order valence-corrected chi connectivity index (χ4v) is 4.36. The molecule has 0 aromatic carbocycles. The SMILES string of the molecule is O=C1CCC2(CCCN(c3ccc(Cl)cn3)C2)CN1Cc1cccnc1. The molecule has 6 heteroatoms. The van der Waals surface area contributed by atoms with Gasteiger partial charge >= 0.3 is 0 Å². The minimum absolute atomic E-state index is 0.148. The van der Waals surface area contributed by atoms with Crippen LogP contribution in [0.4, 0.5) is 5.82 Å². The highest BCUT2D eigenvalue weighted by atomic mass is 35.5. The van der Waals surface area contributed by atoms with E-state index >= 15 is 0 Å². The van der Waals surface area contributed by atoms with Gasteiger partial charge in [-0.3, -0.25) is 9.78 Å². The van der Waals surface area contributed by atoms with Crippen LogP contribution in [0, 0.1) is 5.41 Å². The summed E-state index contributed by atoms with van der Waals surface area (Å²) in [4.78, 5) is 25.5. The van der Waals surface area contributed by atoms with Gasteiger partial charge in [0.15, 0.2) is 0 Å². The monoisotopic (exact) mass is 370 g/mol. The number of rotatable bonds is 3. The Labute approximate surface area is 159 Å². The van der Waals surface area contributed by atoms with E-state index in [0.29, 0.717) is 18.0 Å². The topological polar surface area (TPSA) is 49.3 Å². The second kappa shape index (κ2) is 7.23. The zero-order chi connectivity index (χ0) is 18.0. The molecule has 2 aromatic heterocycles. The molecule has 1 spiro atoms. The summed E-state index contributed by atoms with van der Waals surface area (Å²) >= 11 is 5.97. The van der Waals surface area contributed by atoms with E-state index in [1.54, 1.807) is 12.4 Å². The highest BCUT2D eigenvalue weighted by Gasteiger charge is 2.42. The summed E-state index contributed by atoms with van der Waals surface area (Å²) in [6, 6.07) is 7.84. The summed E-state index contributed by atoms with van der Waals surface area (Å²) in [6.07, 6.45) is 9.19. The largest absolute Gasteiger partial charge is 0.356 e. The molecule has 1 amide bonds. The van der Waals surface area contributed by atoms with E-state index in [1.165, 1.54) is 0 Å². The molecule has 0 N–H and O–H groups in total. The molecule has 2 saturated heterocycles. The van der Waals surface area contributed by atoms with Crippen molar-refractivity contribution in [1.82, 2.24) is 14.9 Å². The maximum atomic E-state index is 12.5. The maximum absolute atomic E-state index is 12.5. The number of carbonyl (C=O) groups excluding carboxylic acids is 1. The van der Waals surface area contributed by atoms with Crippen LogP contribution in [0.3, 0.4) is 0 Å². The Morgan fingerprint density at radius 2 is 2.08 bits per heavy atom. The number of pyridine rings is 2. The molecule has 26 heavy (non-hydrogen) atoms. The molecule has 0 bridgehead atoms. The molecule has 2 fully saturated rings. The third-order valence-electron chi connectivity index (χ3n) is 5.54. The van der Waals surface area contributed by atoms with E-state index in [9.17, 15) is 4.79 Å². The van der Waals surface area contributed by atoms with Gasteiger partial charge in [-0.05, 0) is 43.0 Å². The first-order chi connectivity index (χ1) is 12.6. The van der Waals surface area contributed by atoms with Gasteiger partial charge in [0.2, 0.25) is 5.91 Å². The van der Waals surface area contributed by atoms with Crippen LogP contribution in [-0.2, 0) is 11.3 Å². The average molecular weight is 371 g/mol. The molecule has 2 aromatic rings. The number of piperidine rings is 2. The number of amides is 1. The minimum atomic E-state index is 0.148. The lowest BCUT2D eigenvalue weighted by Crippen LogP contribution is -2.54. The first kappa shape index (κ1) is 17.3. The lowest BCUT2D eigenvalue weighted by Gasteiger charge is -2.48. The van der Waals surface area contributed by atoms with Gasteiger partial charge in [0, 0.05) is 56.6 Å². The number of anilines is 1. The van der Waals surface area contributed by atoms with Gasteiger partial charge in [0.1, 0.15) is 5.82 Å². The van der Waals surface area contributed by atoms with Gasteiger partial charge in [-0.15, -0.1) is 0 Å². The van der Waals surface area contributed by atoms with E-state index in [2.05, 4.69) is 14.9 Å². The average Bonchev–Trinajstić information content (AvgIpc) is 2.67. The van der Waals surface area contributed by atoms with Crippen LogP contribution in [0.5, 0.6) is 0 Å². The van der Waals surface area contributed by atoms with Crippen molar-refractivity contribution in [1.29, 1.82) is 0 Å². The smallest absolute Gasteiger partial charge is 0.222 e. The third kappa shape index (κ3) is 3.68. The molecule has 0 saturated carbocycles. The van der Waals surface area contributed by atoms with Gasteiger partial charge < -0.3 is 9.80 Å². The van der Waals surface area contributed by atoms with E-state index in [-0.39, 0.29) is 11.3 Å². The van der Waals surface area contributed by atoms with Crippen LogP contribution in [-0.4, -0.2) is 40.4 Å². The Balaban J connectivity index is 1.49. The molecule has 5 nitrogen and oxygen atoms in total. The molecule has 1 atom stereocenters. The predicted octanol–water partition coefficient (Wildman–Crippen LogP) is 3.54. The number of likely N-dealkylation sites (tertiary alicyclic amines) is 1. The van der Waals surface area contributed by atoms with E-state index in [4.69, 9.17) is 11.6 Å². The van der Waals surface area contributed by atoms with Crippen LogP contribution in [0.25, 0.3) is 0 Å². The molecular formula is C20H23ClN4O. The van der Waals surface area contributed by atoms with Crippen molar-refractivity contribution in [3.8, 4) is 0 Å². The molecule has 136 valence electrons. The molecule has 2 aliphatic heterocycles. The first-order valence-electron chi connectivity index (χ1n) is 9.17.